The van der Waals surface area contributed by atoms with Gasteiger partial charge in [-0.3, -0.25) is 4.79 Å². The smallest absolute Gasteiger partial charge is 0.307 e. The second-order valence-corrected chi connectivity index (χ2v) is 10.8. The summed E-state index contributed by atoms with van der Waals surface area (Å²) in [4.78, 5) is 19.6. The van der Waals surface area contributed by atoms with Crippen molar-refractivity contribution in [3.8, 4) is 11.8 Å². The highest BCUT2D eigenvalue weighted by molar-refractivity contribution is 7.93. The number of H-pyrrole nitrogens is 1. The molecule has 1 atom stereocenters. The van der Waals surface area contributed by atoms with Gasteiger partial charge in [0.1, 0.15) is 9.86 Å². The van der Waals surface area contributed by atoms with Gasteiger partial charge in [0, 0.05) is 23.3 Å². The predicted molar refractivity (Wildman–Crippen MR) is 124 cm³/mol. The van der Waals surface area contributed by atoms with E-state index in [0.717, 1.165) is 33.4 Å². The molecule has 0 aliphatic heterocycles. The molecule has 4 rings (SSSR count). The lowest BCUT2D eigenvalue weighted by Crippen LogP contribution is -2.25. The van der Waals surface area contributed by atoms with E-state index < -0.39 is 27.5 Å². The number of hydrogen-bond acceptors (Lipinski definition) is 5. The number of aliphatic carboxylic acids is 1. The summed E-state index contributed by atoms with van der Waals surface area (Å²) in [5.41, 5.74) is 3.35. The minimum absolute atomic E-state index is 0.0890. The van der Waals surface area contributed by atoms with Crippen LogP contribution < -0.4 is 0 Å². The number of carbonyl (C=O) groups is 1. The first-order valence-corrected chi connectivity index (χ1v) is 12.3. The Labute approximate surface area is 189 Å². The van der Waals surface area contributed by atoms with Crippen LogP contribution in [-0.4, -0.2) is 35.2 Å². The van der Waals surface area contributed by atoms with E-state index in [0.29, 0.717) is 10.5 Å². The van der Waals surface area contributed by atoms with Gasteiger partial charge in [-0.2, -0.15) is 0 Å². The fourth-order valence-electron chi connectivity index (χ4n) is 3.34. The van der Waals surface area contributed by atoms with Crippen molar-refractivity contribution in [2.45, 2.75) is 17.6 Å². The number of carboxylic acids is 1. The van der Waals surface area contributed by atoms with Crippen LogP contribution in [0.15, 0.2) is 65.1 Å². The van der Waals surface area contributed by atoms with Gasteiger partial charge in [-0.05, 0) is 55.3 Å². The molecule has 6 nitrogen and oxygen atoms in total. The van der Waals surface area contributed by atoms with Crippen LogP contribution in [0.3, 0.4) is 0 Å². The Hall–Kier alpha value is -3.41. The SMILES string of the molecule is Cc1ccc(C#Cc2ccc(S(=O)(=O)C[C@@H](Cc3c[nH]c4ncccc34)C(=O)O)s2)cc1. The normalized spacial score (nSPS) is 12.3. The van der Waals surface area contributed by atoms with E-state index in [1.54, 1.807) is 24.5 Å². The van der Waals surface area contributed by atoms with Crippen LogP contribution in [0.5, 0.6) is 0 Å². The predicted octanol–water partition coefficient (Wildman–Crippen LogP) is 4.05. The average Bonchev–Trinajstić information content (AvgIpc) is 3.41. The number of thiophene rings is 1. The van der Waals surface area contributed by atoms with Crippen LogP contribution in [0.1, 0.15) is 21.6 Å². The van der Waals surface area contributed by atoms with Crippen LogP contribution in [-0.2, 0) is 21.1 Å². The van der Waals surface area contributed by atoms with Crippen molar-refractivity contribution in [2.24, 2.45) is 5.92 Å². The zero-order chi connectivity index (χ0) is 22.7. The number of carboxylic acid groups (broad SMARTS) is 1. The highest BCUT2D eigenvalue weighted by Crippen LogP contribution is 2.26. The van der Waals surface area contributed by atoms with Crippen molar-refractivity contribution < 1.29 is 18.3 Å². The van der Waals surface area contributed by atoms with Crippen molar-refractivity contribution in [3.63, 3.8) is 0 Å². The fourth-order valence-corrected chi connectivity index (χ4v) is 6.14. The molecule has 0 radical (unpaired) electrons. The van der Waals surface area contributed by atoms with E-state index in [1.807, 2.05) is 37.3 Å². The molecule has 0 aliphatic carbocycles. The third-order valence-electron chi connectivity index (χ3n) is 5.04. The van der Waals surface area contributed by atoms with Crippen LogP contribution >= 0.6 is 11.3 Å². The number of pyridine rings is 1. The van der Waals surface area contributed by atoms with E-state index in [9.17, 15) is 18.3 Å². The number of hydrogen-bond donors (Lipinski definition) is 2. The van der Waals surface area contributed by atoms with Crippen molar-refractivity contribution in [1.82, 2.24) is 9.97 Å². The quantitative estimate of drug-likeness (QED) is 0.419. The molecule has 0 fully saturated rings. The first-order chi connectivity index (χ1) is 15.3. The lowest BCUT2D eigenvalue weighted by molar-refractivity contribution is -0.140. The molecule has 2 N–H and O–H groups in total. The molecule has 1 aromatic carbocycles. The standard InChI is InChI=1S/C24H20N2O4S2/c1-16-4-6-17(7-5-16)8-9-20-10-11-22(31-20)32(29,30)15-19(24(27)28)13-18-14-26-23-21(18)3-2-12-25-23/h2-7,10-12,14,19H,13,15H2,1H3,(H,25,26)(H,27,28)/t19-/m1/s1. The molecule has 0 aliphatic rings. The molecular formula is C24H20N2O4S2. The number of benzene rings is 1. The Morgan fingerprint density at radius 2 is 1.94 bits per heavy atom. The van der Waals surface area contributed by atoms with Crippen LogP contribution in [0.25, 0.3) is 11.0 Å². The largest absolute Gasteiger partial charge is 0.481 e. The van der Waals surface area contributed by atoms with Crippen molar-refractivity contribution in [1.29, 1.82) is 0 Å². The highest BCUT2D eigenvalue weighted by atomic mass is 32.2. The second-order valence-electron chi connectivity index (χ2n) is 7.47. The molecule has 0 bridgehead atoms. The Morgan fingerprint density at radius 3 is 2.69 bits per heavy atom. The molecule has 162 valence electrons. The molecule has 0 saturated carbocycles. The van der Waals surface area contributed by atoms with Gasteiger partial charge in [-0.25, -0.2) is 13.4 Å². The Bertz CT molecular complexity index is 1440. The summed E-state index contributed by atoms with van der Waals surface area (Å²) in [6, 6.07) is 14.5. The molecule has 0 unspecified atom stereocenters. The number of aromatic amines is 1. The highest BCUT2D eigenvalue weighted by Gasteiger charge is 2.28. The maximum Gasteiger partial charge on any atom is 0.307 e. The number of nitrogens with zero attached hydrogens (tertiary/aromatic N) is 1. The monoisotopic (exact) mass is 464 g/mol. The van der Waals surface area contributed by atoms with Gasteiger partial charge in [0.25, 0.3) is 0 Å². The summed E-state index contributed by atoms with van der Waals surface area (Å²) in [7, 11) is -3.78. The number of fused-ring (bicyclic) bond motifs is 1. The molecule has 4 aromatic rings. The molecular weight excluding hydrogens is 444 g/mol. The number of aromatic nitrogens is 2. The number of aryl methyl sites for hydroxylation is 1. The van der Waals surface area contributed by atoms with Crippen molar-refractivity contribution in [3.05, 3.63) is 82.5 Å². The average molecular weight is 465 g/mol. The zero-order valence-corrected chi connectivity index (χ0v) is 18.8. The second kappa shape index (κ2) is 8.99. The van der Waals surface area contributed by atoms with Crippen molar-refractivity contribution >= 4 is 38.2 Å². The van der Waals surface area contributed by atoms with E-state index in [-0.39, 0.29) is 10.6 Å². The Kier molecular flexibility index (Phi) is 6.12. The summed E-state index contributed by atoms with van der Waals surface area (Å²) in [5.74, 6) is 3.29. The fraction of sp³-hybridized carbons (Fsp3) is 0.167. The third-order valence-corrected chi connectivity index (χ3v) is 8.44. The summed E-state index contributed by atoms with van der Waals surface area (Å²) in [6.45, 7) is 1.99. The minimum atomic E-state index is -3.78. The third kappa shape index (κ3) is 4.90. The molecule has 3 heterocycles. The number of nitrogens with one attached hydrogen (secondary N) is 1. The minimum Gasteiger partial charge on any atom is -0.481 e. The molecule has 0 spiro atoms. The maximum atomic E-state index is 12.9. The first kappa shape index (κ1) is 21.8. The molecule has 0 amide bonds. The van der Waals surface area contributed by atoms with Gasteiger partial charge in [0.15, 0.2) is 9.84 Å². The van der Waals surface area contributed by atoms with E-state index in [2.05, 4.69) is 21.8 Å². The van der Waals surface area contributed by atoms with Crippen LogP contribution in [0.2, 0.25) is 0 Å². The lowest BCUT2D eigenvalue weighted by atomic mass is 10.0. The van der Waals surface area contributed by atoms with Gasteiger partial charge in [-0.1, -0.05) is 29.5 Å². The van der Waals surface area contributed by atoms with Crippen LogP contribution in [0, 0.1) is 24.7 Å². The van der Waals surface area contributed by atoms with E-state index in [1.165, 1.54) is 6.07 Å². The van der Waals surface area contributed by atoms with E-state index >= 15 is 0 Å². The topological polar surface area (TPSA) is 100 Å². The molecule has 0 saturated heterocycles. The van der Waals surface area contributed by atoms with Crippen LogP contribution in [0.4, 0.5) is 0 Å². The van der Waals surface area contributed by atoms with Crippen molar-refractivity contribution in [2.75, 3.05) is 5.75 Å². The maximum absolute atomic E-state index is 12.9. The summed E-state index contributed by atoms with van der Waals surface area (Å²) < 4.78 is 26.0. The molecule has 8 heteroatoms. The molecule has 3 aromatic heterocycles. The summed E-state index contributed by atoms with van der Waals surface area (Å²) >= 11 is 1.06. The molecule has 32 heavy (non-hydrogen) atoms. The lowest BCUT2D eigenvalue weighted by Gasteiger charge is -2.11. The number of rotatable bonds is 6. The van der Waals surface area contributed by atoms with Gasteiger partial charge in [-0.15, -0.1) is 11.3 Å². The Morgan fingerprint density at radius 1 is 1.16 bits per heavy atom. The Balaban J connectivity index is 1.52. The summed E-state index contributed by atoms with van der Waals surface area (Å²) in [6.07, 6.45) is 3.41. The number of sulfone groups is 1. The van der Waals surface area contributed by atoms with Gasteiger partial charge < -0.3 is 10.1 Å². The van der Waals surface area contributed by atoms with E-state index in [4.69, 9.17) is 0 Å². The first-order valence-electron chi connectivity index (χ1n) is 9.87. The van der Waals surface area contributed by atoms with Gasteiger partial charge >= 0.3 is 5.97 Å². The van der Waals surface area contributed by atoms with Gasteiger partial charge in [0.05, 0.1) is 16.5 Å². The summed E-state index contributed by atoms with van der Waals surface area (Å²) in [5, 5.41) is 10.5. The zero-order valence-electron chi connectivity index (χ0n) is 17.2. The van der Waals surface area contributed by atoms with Gasteiger partial charge in [0.2, 0.25) is 0 Å².